The van der Waals surface area contributed by atoms with Crippen molar-refractivity contribution >= 4 is 10.9 Å². The lowest BCUT2D eigenvalue weighted by atomic mass is 10.0. The van der Waals surface area contributed by atoms with Crippen LogP contribution in [-0.4, -0.2) is 15.4 Å². The Morgan fingerprint density at radius 3 is 2.43 bits per heavy atom. The normalized spacial score (nSPS) is 11.0. The zero-order chi connectivity index (χ0) is 15.8. The van der Waals surface area contributed by atoms with Crippen molar-refractivity contribution in [3.05, 3.63) is 70.5 Å². The minimum Gasteiger partial charge on any atom is -0.355 e. The highest BCUT2D eigenvalue weighted by Gasteiger charge is 2.19. The number of aromatic amines is 1. The Balaban J connectivity index is 2.05. The Morgan fingerprint density at radius 1 is 0.957 bits per heavy atom. The first-order valence-corrected chi connectivity index (χ1v) is 7.24. The summed E-state index contributed by atoms with van der Waals surface area (Å²) in [5, 5.41) is 11.3. The van der Waals surface area contributed by atoms with Crippen LogP contribution in [0.25, 0.3) is 33.5 Å². The summed E-state index contributed by atoms with van der Waals surface area (Å²) < 4.78 is 5.47. The van der Waals surface area contributed by atoms with Gasteiger partial charge in [0.25, 0.3) is 5.56 Å². The molecule has 0 radical (unpaired) electrons. The Hall–Kier alpha value is -3.21. The van der Waals surface area contributed by atoms with E-state index in [2.05, 4.69) is 15.4 Å². The predicted molar refractivity (Wildman–Crippen MR) is 88.0 cm³/mol. The molecule has 0 spiro atoms. The van der Waals surface area contributed by atoms with Gasteiger partial charge in [0.1, 0.15) is 5.69 Å². The number of H-pyrrole nitrogens is 1. The first-order valence-electron chi connectivity index (χ1n) is 7.24. The summed E-state index contributed by atoms with van der Waals surface area (Å²) in [7, 11) is 0. The van der Waals surface area contributed by atoms with Crippen LogP contribution in [0.1, 0.15) is 5.56 Å². The van der Waals surface area contributed by atoms with E-state index < -0.39 is 0 Å². The molecule has 112 valence electrons. The van der Waals surface area contributed by atoms with E-state index in [1.54, 1.807) is 0 Å². The fourth-order valence-electron chi connectivity index (χ4n) is 2.59. The molecular formula is C18H13N3O2. The Kier molecular flexibility index (Phi) is 3.05. The van der Waals surface area contributed by atoms with Gasteiger partial charge >= 0.3 is 0 Å². The zero-order valence-corrected chi connectivity index (χ0v) is 12.4. The number of nitrogens with zero attached hydrogens (tertiary/aromatic N) is 2. The summed E-state index contributed by atoms with van der Waals surface area (Å²) in [5.74, 6) is 0.553. The molecule has 0 aliphatic rings. The van der Waals surface area contributed by atoms with E-state index in [-0.39, 0.29) is 11.1 Å². The monoisotopic (exact) mass is 303 g/mol. The largest absolute Gasteiger partial charge is 0.355 e. The van der Waals surface area contributed by atoms with E-state index in [0.717, 1.165) is 16.7 Å². The molecule has 5 nitrogen and oxygen atoms in total. The highest BCUT2D eigenvalue weighted by atomic mass is 16.5. The van der Waals surface area contributed by atoms with E-state index in [4.69, 9.17) is 4.52 Å². The molecule has 0 amide bonds. The van der Waals surface area contributed by atoms with Crippen LogP contribution < -0.4 is 5.56 Å². The van der Waals surface area contributed by atoms with Gasteiger partial charge in [0.05, 0.1) is 5.39 Å². The molecule has 5 heteroatoms. The lowest BCUT2D eigenvalue weighted by Crippen LogP contribution is -2.09. The maximum absolute atomic E-state index is 12.0. The molecule has 0 atom stereocenters. The SMILES string of the molecule is Cc1ccc(-c2onc3c(=O)[nH]nc(-c4ccccc4)c23)cc1. The molecule has 1 N–H and O–H groups in total. The second kappa shape index (κ2) is 5.21. The molecule has 0 saturated carbocycles. The van der Waals surface area contributed by atoms with Gasteiger partial charge in [-0.1, -0.05) is 65.3 Å². The van der Waals surface area contributed by atoms with E-state index in [1.807, 2.05) is 61.5 Å². The van der Waals surface area contributed by atoms with Crippen LogP contribution in [0.5, 0.6) is 0 Å². The molecular weight excluding hydrogens is 290 g/mol. The Morgan fingerprint density at radius 2 is 1.70 bits per heavy atom. The second-order valence-electron chi connectivity index (χ2n) is 5.37. The zero-order valence-electron chi connectivity index (χ0n) is 12.4. The molecule has 0 aliphatic carbocycles. The van der Waals surface area contributed by atoms with Crippen molar-refractivity contribution in [3.8, 4) is 22.6 Å². The van der Waals surface area contributed by atoms with Gasteiger partial charge in [-0.3, -0.25) is 4.79 Å². The number of benzene rings is 2. The summed E-state index contributed by atoms with van der Waals surface area (Å²) in [6.45, 7) is 2.02. The van der Waals surface area contributed by atoms with Gasteiger partial charge in [0, 0.05) is 11.1 Å². The van der Waals surface area contributed by atoms with Gasteiger partial charge in [-0.2, -0.15) is 5.10 Å². The molecule has 2 aromatic carbocycles. The fourth-order valence-corrected chi connectivity index (χ4v) is 2.59. The highest BCUT2D eigenvalue weighted by molar-refractivity contribution is 6.00. The second-order valence-corrected chi connectivity index (χ2v) is 5.37. The van der Waals surface area contributed by atoms with Crippen molar-refractivity contribution in [2.75, 3.05) is 0 Å². The molecule has 23 heavy (non-hydrogen) atoms. The third kappa shape index (κ3) is 2.23. The number of hydrogen-bond donors (Lipinski definition) is 1. The van der Waals surface area contributed by atoms with Crippen molar-refractivity contribution < 1.29 is 4.52 Å². The summed E-state index contributed by atoms with van der Waals surface area (Å²) in [4.78, 5) is 12.0. The highest BCUT2D eigenvalue weighted by Crippen LogP contribution is 2.33. The van der Waals surface area contributed by atoms with Crippen molar-refractivity contribution in [1.29, 1.82) is 0 Å². The van der Waals surface area contributed by atoms with E-state index in [1.165, 1.54) is 0 Å². The summed E-state index contributed by atoms with van der Waals surface area (Å²) in [6, 6.07) is 17.5. The molecule has 4 aromatic rings. The lowest BCUT2D eigenvalue weighted by molar-refractivity contribution is 0.440. The van der Waals surface area contributed by atoms with Gasteiger partial charge in [-0.25, -0.2) is 5.10 Å². The lowest BCUT2D eigenvalue weighted by Gasteiger charge is -2.03. The van der Waals surface area contributed by atoms with Crippen LogP contribution in [-0.2, 0) is 0 Å². The smallest absolute Gasteiger partial charge is 0.294 e. The van der Waals surface area contributed by atoms with Gasteiger partial charge in [-0.15, -0.1) is 0 Å². The number of aromatic nitrogens is 3. The molecule has 0 saturated heterocycles. The third-order valence-corrected chi connectivity index (χ3v) is 3.77. The van der Waals surface area contributed by atoms with E-state index in [9.17, 15) is 4.79 Å². The van der Waals surface area contributed by atoms with Crippen LogP contribution >= 0.6 is 0 Å². The topological polar surface area (TPSA) is 71.8 Å². The van der Waals surface area contributed by atoms with Crippen molar-refractivity contribution in [1.82, 2.24) is 15.4 Å². The van der Waals surface area contributed by atoms with Crippen LogP contribution in [0.3, 0.4) is 0 Å². The molecule has 2 aromatic heterocycles. The Bertz CT molecular complexity index is 1030. The van der Waals surface area contributed by atoms with Crippen LogP contribution in [0.2, 0.25) is 0 Å². The quantitative estimate of drug-likeness (QED) is 0.614. The average Bonchev–Trinajstić information content (AvgIpc) is 3.03. The maximum atomic E-state index is 12.0. The molecule has 0 unspecified atom stereocenters. The minimum absolute atomic E-state index is 0.259. The van der Waals surface area contributed by atoms with Crippen LogP contribution in [0.4, 0.5) is 0 Å². The van der Waals surface area contributed by atoms with Crippen LogP contribution in [0, 0.1) is 6.92 Å². The number of nitrogens with one attached hydrogen (secondary N) is 1. The molecule has 0 fully saturated rings. The standard InChI is InChI=1S/C18H13N3O2/c1-11-7-9-13(10-8-11)17-14-15(12-5-3-2-4-6-12)19-20-18(22)16(14)21-23-17/h2-10H,1H3,(H,20,22). The predicted octanol–water partition coefficient (Wildman–Crippen LogP) is 3.55. The number of rotatable bonds is 2. The third-order valence-electron chi connectivity index (χ3n) is 3.77. The summed E-state index contributed by atoms with van der Waals surface area (Å²) in [5.41, 5.74) is 3.46. The summed E-state index contributed by atoms with van der Waals surface area (Å²) >= 11 is 0. The van der Waals surface area contributed by atoms with Crippen LogP contribution in [0.15, 0.2) is 63.9 Å². The molecule has 0 bridgehead atoms. The van der Waals surface area contributed by atoms with Crippen molar-refractivity contribution in [2.45, 2.75) is 6.92 Å². The first kappa shape index (κ1) is 13.5. The fraction of sp³-hybridized carbons (Fsp3) is 0.0556. The number of fused-ring (bicyclic) bond motifs is 1. The van der Waals surface area contributed by atoms with Crippen molar-refractivity contribution in [2.24, 2.45) is 0 Å². The van der Waals surface area contributed by atoms with Gasteiger partial charge in [0.15, 0.2) is 11.3 Å². The van der Waals surface area contributed by atoms with E-state index >= 15 is 0 Å². The number of hydrogen-bond acceptors (Lipinski definition) is 4. The Labute approximate surface area is 131 Å². The van der Waals surface area contributed by atoms with Gasteiger partial charge < -0.3 is 4.52 Å². The maximum Gasteiger partial charge on any atom is 0.294 e. The minimum atomic E-state index is -0.359. The van der Waals surface area contributed by atoms with Gasteiger partial charge in [-0.05, 0) is 6.92 Å². The number of aryl methyl sites for hydroxylation is 1. The van der Waals surface area contributed by atoms with Crippen molar-refractivity contribution in [3.63, 3.8) is 0 Å². The van der Waals surface area contributed by atoms with Gasteiger partial charge in [0.2, 0.25) is 0 Å². The average molecular weight is 303 g/mol. The van der Waals surface area contributed by atoms with E-state index in [0.29, 0.717) is 16.8 Å². The summed E-state index contributed by atoms with van der Waals surface area (Å²) in [6.07, 6.45) is 0. The first-order chi connectivity index (χ1) is 11.2. The molecule has 4 rings (SSSR count). The molecule has 2 heterocycles. The molecule has 0 aliphatic heterocycles.